The molecule has 1 fully saturated rings. The predicted octanol–water partition coefficient (Wildman–Crippen LogP) is -0.467. The zero-order valence-electron chi connectivity index (χ0n) is 12.3. The van der Waals surface area contributed by atoms with Crippen molar-refractivity contribution in [2.24, 2.45) is 0 Å². The minimum Gasteiger partial charge on any atom is -0.394 e. The van der Waals surface area contributed by atoms with Gasteiger partial charge in [-0.2, -0.15) is 11.3 Å². The molecule has 1 saturated heterocycles. The third kappa shape index (κ3) is 2.97. The molecule has 3 rings (SSSR count). The van der Waals surface area contributed by atoms with E-state index in [-0.39, 0.29) is 21.5 Å². The molecule has 0 radical (unpaired) electrons. The van der Waals surface area contributed by atoms with Crippen molar-refractivity contribution in [3.8, 4) is 0 Å². The first-order valence-corrected chi connectivity index (χ1v) is 8.83. The first-order chi connectivity index (χ1) is 11.4. The number of nitrogen functional groups attached to an aromatic ring is 1. The van der Waals surface area contributed by atoms with E-state index >= 15 is 0 Å². The Hall–Kier alpha value is -1.40. The number of hydrogen-bond donors (Lipinski definition) is 5. The molecule has 0 amide bonds. The van der Waals surface area contributed by atoms with Gasteiger partial charge in [-0.1, -0.05) is 0 Å². The highest BCUT2D eigenvalue weighted by Gasteiger charge is 2.45. The molecule has 1 aliphatic rings. The molecule has 0 aliphatic carbocycles. The Morgan fingerprint density at radius 2 is 2.04 bits per heavy atom. The van der Waals surface area contributed by atoms with E-state index in [1.807, 2.05) is 0 Å². The van der Waals surface area contributed by atoms with Crippen molar-refractivity contribution in [1.29, 1.82) is 0 Å². The fourth-order valence-electron chi connectivity index (χ4n) is 2.46. The van der Waals surface area contributed by atoms with Crippen LogP contribution in [0.1, 0.15) is 26.3 Å². The summed E-state index contributed by atoms with van der Waals surface area (Å²) in [6.07, 6.45) is -6.57. The molecule has 0 bridgehead atoms. The van der Waals surface area contributed by atoms with Crippen LogP contribution in [0.25, 0.3) is 0 Å². The molecule has 10 heteroatoms. The number of carbonyl (C=O) groups excluding carboxylic acids is 1. The highest BCUT2D eigenvalue weighted by Crippen LogP contribution is 2.37. The van der Waals surface area contributed by atoms with Gasteiger partial charge in [-0.05, 0) is 11.4 Å². The number of thiophene rings is 1. The Labute approximate surface area is 144 Å². The van der Waals surface area contributed by atoms with Crippen molar-refractivity contribution in [1.82, 2.24) is 4.98 Å². The molecule has 24 heavy (non-hydrogen) atoms. The Morgan fingerprint density at radius 1 is 1.29 bits per heavy atom. The second kappa shape index (κ2) is 6.84. The number of aromatic nitrogens is 1. The average molecular weight is 372 g/mol. The van der Waals surface area contributed by atoms with E-state index in [0.717, 1.165) is 11.3 Å². The van der Waals surface area contributed by atoms with Gasteiger partial charge in [0.2, 0.25) is 5.78 Å². The predicted molar refractivity (Wildman–Crippen MR) is 87.0 cm³/mol. The average Bonchev–Trinajstić information content (AvgIpc) is 3.22. The van der Waals surface area contributed by atoms with Crippen LogP contribution in [0.5, 0.6) is 0 Å². The van der Waals surface area contributed by atoms with E-state index in [1.54, 1.807) is 16.8 Å². The van der Waals surface area contributed by atoms with Gasteiger partial charge in [0.1, 0.15) is 46.2 Å². The monoisotopic (exact) mass is 372 g/mol. The van der Waals surface area contributed by atoms with Crippen LogP contribution < -0.4 is 5.73 Å². The lowest BCUT2D eigenvalue weighted by Crippen LogP contribution is -2.55. The maximum atomic E-state index is 12.4. The Morgan fingerprint density at radius 3 is 2.67 bits per heavy atom. The topological polar surface area (TPSA) is 146 Å². The lowest BCUT2D eigenvalue weighted by molar-refractivity contribution is -0.231. The zero-order chi connectivity index (χ0) is 17.4. The SMILES string of the molecule is Nc1nc([C@H]2O[C@H](CO)[C@@H](O)[C@H](O)[C@@H]2O)sc1C(=O)c1ccsc1. The van der Waals surface area contributed by atoms with Crippen LogP contribution in [0, 0.1) is 0 Å². The number of anilines is 1. The van der Waals surface area contributed by atoms with E-state index in [9.17, 15) is 25.2 Å². The first kappa shape index (κ1) is 17.4. The van der Waals surface area contributed by atoms with Gasteiger partial charge in [-0.3, -0.25) is 4.79 Å². The van der Waals surface area contributed by atoms with Crippen molar-refractivity contribution < 1.29 is 30.0 Å². The molecule has 130 valence electrons. The minimum absolute atomic E-state index is 0.00293. The normalized spacial score (nSPS) is 30.4. The van der Waals surface area contributed by atoms with Gasteiger partial charge in [0.15, 0.2) is 0 Å². The Kier molecular flexibility index (Phi) is 4.97. The number of nitrogens with zero attached hydrogens (tertiary/aromatic N) is 1. The van der Waals surface area contributed by atoms with Crippen molar-refractivity contribution in [2.75, 3.05) is 12.3 Å². The molecule has 6 N–H and O–H groups in total. The molecule has 1 aliphatic heterocycles. The van der Waals surface area contributed by atoms with Crippen LogP contribution in [0.4, 0.5) is 5.82 Å². The van der Waals surface area contributed by atoms with Gasteiger partial charge in [-0.25, -0.2) is 4.98 Å². The van der Waals surface area contributed by atoms with Crippen molar-refractivity contribution >= 4 is 34.3 Å². The van der Waals surface area contributed by atoms with Crippen LogP contribution in [0.3, 0.4) is 0 Å². The fraction of sp³-hybridized carbons (Fsp3) is 0.429. The standard InChI is InChI=1S/C14H16N2O6S2/c15-13-12(7(18)5-1-2-23-4-5)24-14(16-13)11-10(21)9(20)8(19)6(3-17)22-11/h1-2,4,6,8-11,17,19-21H,3,15H2/t6-,8-,9+,10+,11+/m1/s1. The smallest absolute Gasteiger partial charge is 0.207 e. The summed E-state index contributed by atoms with van der Waals surface area (Å²) in [5, 5.41) is 42.7. The van der Waals surface area contributed by atoms with Crippen LogP contribution in [0.2, 0.25) is 0 Å². The molecule has 0 unspecified atom stereocenters. The van der Waals surface area contributed by atoms with E-state index in [4.69, 9.17) is 10.5 Å². The van der Waals surface area contributed by atoms with E-state index in [1.165, 1.54) is 11.3 Å². The quantitative estimate of drug-likeness (QED) is 0.453. The van der Waals surface area contributed by atoms with Crippen molar-refractivity contribution in [2.45, 2.75) is 30.5 Å². The summed E-state index contributed by atoms with van der Waals surface area (Å²) >= 11 is 2.33. The lowest BCUT2D eigenvalue weighted by atomic mass is 9.95. The van der Waals surface area contributed by atoms with Crippen LogP contribution in [-0.4, -0.2) is 62.2 Å². The Balaban J connectivity index is 1.90. The summed E-state index contributed by atoms with van der Waals surface area (Å²) in [5.74, 6) is -0.287. The molecule has 2 aromatic heterocycles. The molecule has 2 aromatic rings. The first-order valence-electron chi connectivity index (χ1n) is 7.07. The maximum absolute atomic E-state index is 12.4. The van der Waals surface area contributed by atoms with Crippen molar-refractivity contribution in [3.05, 3.63) is 32.3 Å². The van der Waals surface area contributed by atoms with Gasteiger partial charge in [0.05, 0.1) is 6.61 Å². The van der Waals surface area contributed by atoms with Crippen molar-refractivity contribution in [3.63, 3.8) is 0 Å². The Bertz CT molecular complexity index is 717. The molecule has 0 spiro atoms. The number of nitrogens with two attached hydrogens (primary N) is 1. The summed E-state index contributed by atoms with van der Waals surface area (Å²) in [7, 11) is 0. The number of aliphatic hydroxyl groups excluding tert-OH is 4. The lowest BCUT2D eigenvalue weighted by Gasteiger charge is -2.39. The number of thiazole rings is 1. The van der Waals surface area contributed by atoms with Gasteiger partial charge in [0, 0.05) is 10.9 Å². The number of ether oxygens (including phenoxy) is 1. The molecule has 0 aromatic carbocycles. The zero-order valence-corrected chi connectivity index (χ0v) is 13.9. The number of carbonyl (C=O) groups is 1. The molecule has 3 heterocycles. The van der Waals surface area contributed by atoms with Gasteiger partial charge >= 0.3 is 0 Å². The summed E-state index contributed by atoms with van der Waals surface area (Å²) in [6.45, 7) is -0.539. The number of ketones is 1. The van der Waals surface area contributed by atoms with Crippen LogP contribution >= 0.6 is 22.7 Å². The highest BCUT2D eigenvalue weighted by atomic mass is 32.1. The number of hydrogen-bond acceptors (Lipinski definition) is 10. The molecule has 0 saturated carbocycles. The summed E-state index contributed by atoms with van der Waals surface area (Å²) in [5.41, 5.74) is 6.30. The van der Waals surface area contributed by atoms with Gasteiger partial charge < -0.3 is 30.9 Å². The van der Waals surface area contributed by atoms with Crippen LogP contribution in [0.15, 0.2) is 16.8 Å². The maximum Gasteiger partial charge on any atom is 0.207 e. The van der Waals surface area contributed by atoms with Gasteiger partial charge in [-0.15, -0.1) is 11.3 Å². The summed E-state index contributed by atoms with van der Waals surface area (Å²) in [6, 6.07) is 1.67. The second-order valence-electron chi connectivity index (χ2n) is 5.36. The molecular formula is C14H16N2O6S2. The summed E-state index contributed by atoms with van der Waals surface area (Å²) < 4.78 is 5.43. The molecule has 8 nitrogen and oxygen atoms in total. The van der Waals surface area contributed by atoms with E-state index in [0.29, 0.717) is 5.56 Å². The van der Waals surface area contributed by atoms with Crippen LogP contribution in [-0.2, 0) is 4.74 Å². The van der Waals surface area contributed by atoms with Gasteiger partial charge in [0.25, 0.3) is 0 Å². The number of rotatable bonds is 4. The molecule has 5 atom stereocenters. The third-order valence-corrected chi connectivity index (χ3v) is 5.61. The van der Waals surface area contributed by atoms with E-state index < -0.39 is 37.1 Å². The van der Waals surface area contributed by atoms with E-state index in [2.05, 4.69) is 4.98 Å². The fourth-order valence-corrected chi connectivity index (χ4v) is 4.12. The third-order valence-electron chi connectivity index (χ3n) is 3.80. The highest BCUT2D eigenvalue weighted by molar-refractivity contribution is 7.14. The minimum atomic E-state index is -1.51. The largest absolute Gasteiger partial charge is 0.394 e. The summed E-state index contributed by atoms with van der Waals surface area (Å²) in [4.78, 5) is 16.7. The second-order valence-corrected chi connectivity index (χ2v) is 7.17. The molecular weight excluding hydrogens is 356 g/mol. The number of aliphatic hydroxyl groups is 4.